The fraction of sp³-hybridized carbons (Fsp3) is 0.733. The molecule has 21 heavy (non-hydrogen) atoms. The van der Waals surface area contributed by atoms with Gasteiger partial charge in [-0.15, -0.1) is 0 Å². The summed E-state index contributed by atoms with van der Waals surface area (Å²) in [6, 6.07) is 2.66. The van der Waals surface area contributed by atoms with Crippen molar-refractivity contribution in [2.24, 2.45) is 0 Å². The number of likely N-dealkylation sites (N-methyl/N-ethyl adjacent to an activating group) is 1. The van der Waals surface area contributed by atoms with E-state index in [0.717, 1.165) is 42.8 Å². The van der Waals surface area contributed by atoms with E-state index in [-0.39, 0.29) is 0 Å². The minimum absolute atomic E-state index is 0.559. The van der Waals surface area contributed by atoms with Crippen LogP contribution in [0.2, 0.25) is 0 Å². The molecule has 1 atom stereocenters. The topological polar surface area (TPSA) is 44.3 Å². The van der Waals surface area contributed by atoms with Gasteiger partial charge in [-0.3, -0.25) is 0 Å². The zero-order chi connectivity index (χ0) is 15.2. The molecule has 0 bridgehead atoms. The largest absolute Gasteiger partial charge is 0.370 e. The van der Waals surface area contributed by atoms with Crippen LogP contribution in [0.1, 0.15) is 26.2 Å². The Morgan fingerprint density at radius 3 is 2.90 bits per heavy atom. The minimum Gasteiger partial charge on any atom is -0.370 e. The molecular formula is C15H27N5S. The van der Waals surface area contributed by atoms with Crippen molar-refractivity contribution in [2.75, 3.05) is 50.2 Å². The van der Waals surface area contributed by atoms with Crippen LogP contribution < -0.4 is 10.2 Å². The SMILES string of the molecule is CCCNc1cc(N2CCCC2CN(C)C)nc(SC)n1. The first kappa shape index (κ1) is 16.4. The van der Waals surface area contributed by atoms with Gasteiger partial charge in [0.2, 0.25) is 0 Å². The Morgan fingerprint density at radius 2 is 2.24 bits per heavy atom. The lowest BCUT2D eigenvalue weighted by Gasteiger charge is -2.28. The number of thioether (sulfide) groups is 1. The highest BCUT2D eigenvalue weighted by Gasteiger charge is 2.26. The van der Waals surface area contributed by atoms with Crippen LogP contribution in [0.25, 0.3) is 0 Å². The van der Waals surface area contributed by atoms with Crippen molar-refractivity contribution in [1.82, 2.24) is 14.9 Å². The van der Waals surface area contributed by atoms with Gasteiger partial charge in [-0.2, -0.15) is 0 Å². The van der Waals surface area contributed by atoms with Crippen LogP contribution in [0.4, 0.5) is 11.6 Å². The maximum atomic E-state index is 4.72. The van der Waals surface area contributed by atoms with Gasteiger partial charge < -0.3 is 15.1 Å². The summed E-state index contributed by atoms with van der Waals surface area (Å²) >= 11 is 1.61. The highest BCUT2D eigenvalue weighted by molar-refractivity contribution is 7.98. The molecule has 1 aliphatic heterocycles. The predicted molar refractivity (Wildman–Crippen MR) is 91.5 cm³/mol. The third-order valence-corrected chi connectivity index (χ3v) is 4.23. The molecule has 0 aliphatic carbocycles. The Hall–Kier alpha value is -1.01. The van der Waals surface area contributed by atoms with Crippen molar-refractivity contribution in [3.05, 3.63) is 6.07 Å². The van der Waals surface area contributed by atoms with Gasteiger partial charge in [0, 0.05) is 31.7 Å². The summed E-state index contributed by atoms with van der Waals surface area (Å²) in [6.45, 7) is 5.29. The van der Waals surface area contributed by atoms with Gasteiger partial charge in [-0.25, -0.2) is 9.97 Å². The van der Waals surface area contributed by atoms with E-state index in [9.17, 15) is 0 Å². The summed E-state index contributed by atoms with van der Waals surface area (Å²) in [5.41, 5.74) is 0. The molecule has 1 N–H and O–H groups in total. The van der Waals surface area contributed by atoms with Crippen LogP contribution in [0, 0.1) is 0 Å². The van der Waals surface area contributed by atoms with Gasteiger partial charge >= 0.3 is 0 Å². The fourth-order valence-corrected chi connectivity index (χ4v) is 3.12. The van der Waals surface area contributed by atoms with Gasteiger partial charge in [0.25, 0.3) is 0 Å². The van der Waals surface area contributed by atoms with E-state index >= 15 is 0 Å². The van der Waals surface area contributed by atoms with E-state index in [4.69, 9.17) is 4.98 Å². The Bertz CT molecular complexity index is 452. The maximum absolute atomic E-state index is 4.72. The Morgan fingerprint density at radius 1 is 1.43 bits per heavy atom. The van der Waals surface area contributed by atoms with Crippen LogP contribution in [-0.2, 0) is 0 Å². The van der Waals surface area contributed by atoms with Gasteiger partial charge in [-0.1, -0.05) is 18.7 Å². The van der Waals surface area contributed by atoms with Crippen molar-refractivity contribution >= 4 is 23.4 Å². The lowest BCUT2D eigenvalue weighted by Crippen LogP contribution is -2.38. The molecule has 0 saturated carbocycles. The van der Waals surface area contributed by atoms with E-state index in [1.807, 2.05) is 6.26 Å². The van der Waals surface area contributed by atoms with Crippen LogP contribution in [0.5, 0.6) is 0 Å². The summed E-state index contributed by atoms with van der Waals surface area (Å²) in [6.07, 6.45) is 5.62. The Balaban J connectivity index is 2.20. The van der Waals surface area contributed by atoms with Gasteiger partial charge in [0.1, 0.15) is 11.6 Å². The molecule has 1 unspecified atom stereocenters. The Labute approximate surface area is 132 Å². The molecule has 1 fully saturated rings. The van der Waals surface area contributed by atoms with E-state index in [1.54, 1.807) is 11.8 Å². The zero-order valence-corrected chi connectivity index (χ0v) is 14.4. The lowest BCUT2D eigenvalue weighted by molar-refractivity contribution is 0.371. The molecule has 6 heteroatoms. The molecule has 0 amide bonds. The summed E-state index contributed by atoms with van der Waals surface area (Å²) in [5, 5.41) is 4.24. The monoisotopic (exact) mass is 309 g/mol. The number of aromatic nitrogens is 2. The summed E-state index contributed by atoms with van der Waals surface area (Å²) in [5.74, 6) is 2.01. The van der Waals surface area contributed by atoms with Gasteiger partial charge in [-0.05, 0) is 39.6 Å². The second-order valence-corrected chi connectivity index (χ2v) is 6.55. The molecule has 0 radical (unpaired) electrons. The van der Waals surface area contributed by atoms with E-state index in [1.165, 1.54) is 12.8 Å². The maximum Gasteiger partial charge on any atom is 0.191 e. The molecule has 1 aliphatic rings. The summed E-state index contributed by atoms with van der Waals surface area (Å²) in [4.78, 5) is 14.0. The highest BCUT2D eigenvalue weighted by Crippen LogP contribution is 2.27. The highest BCUT2D eigenvalue weighted by atomic mass is 32.2. The molecule has 1 aromatic heterocycles. The van der Waals surface area contributed by atoms with Crippen molar-refractivity contribution in [3.63, 3.8) is 0 Å². The number of nitrogens with zero attached hydrogens (tertiary/aromatic N) is 4. The quantitative estimate of drug-likeness (QED) is 0.617. The first-order valence-electron chi connectivity index (χ1n) is 7.72. The van der Waals surface area contributed by atoms with Crippen LogP contribution in [-0.4, -0.2) is 60.9 Å². The van der Waals surface area contributed by atoms with Crippen molar-refractivity contribution in [1.29, 1.82) is 0 Å². The van der Waals surface area contributed by atoms with Crippen molar-refractivity contribution in [3.8, 4) is 0 Å². The number of anilines is 2. The summed E-state index contributed by atoms with van der Waals surface area (Å²) in [7, 11) is 4.27. The van der Waals surface area contributed by atoms with Gasteiger partial charge in [0.05, 0.1) is 0 Å². The molecule has 0 spiro atoms. The fourth-order valence-electron chi connectivity index (χ4n) is 2.74. The van der Waals surface area contributed by atoms with Crippen LogP contribution in [0.15, 0.2) is 11.2 Å². The first-order valence-corrected chi connectivity index (χ1v) is 8.94. The Kier molecular flexibility index (Phi) is 6.11. The second-order valence-electron chi connectivity index (χ2n) is 5.78. The molecule has 1 aromatic rings. The normalized spacial score (nSPS) is 18.5. The average Bonchev–Trinajstić information content (AvgIpc) is 2.92. The summed E-state index contributed by atoms with van der Waals surface area (Å²) < 4.78 is 0. The van der Waals surface area contributed by atoms with E-state index < -0.39 is 0 Å². The van der Waals surface area contributed by atoms with Crippen molar-refractivity contribution in [2.45, 2.75) is 37.4 Å². The number of rotatable bonds is 7. The molecule has 2 rings (SSSR count). The molecular weight excluding hydrogens is 282 g/mol. The molecule has 5 nitrogen and oxygen atoms in total. The van der Waals surface area contributed by atoms with Gasteiger partial charge in [0.15, 0.2) is 5.16 Å². The molecule has 2 heterocycles. The number of nitrogens with one attached hydrogen (secondary N) is 1. The zero-order valence-electron chi connectivity index (χ0n) is 13.6. The lowest BCUT2D eigenvalue weighted by atomic mass is 10.2. The second kappa shape index (κ2) is 7.84. The van der Waals surface area contributed by atoms with Crippen molar-refractivity contribution < 1.29 is 0 Å². The van der Waals surface area contributed by atoms with Crippen LogP contribution in [0.3, 0.4) is 0 Å². The molecule has 118 valence electrons. The number of hydrogen-bond donors (Lipinski definition) is 1. The smallest absolute Gasteiger partial charge is 0.191 e. The first-order chi connectivity index (χ1) is 10.1. The van der Waals surface area contributed by atoms with Crippen LogP contribution >= 0.6 is 11.8 Å². The number of hydrogen-bond acceptors (Lipinski definition) is 6. The third kappa shape index (κ3) is 4.48. The average molecular weight is 309 g/mol. The standard InChI is InChI=1S/C15H27N5S/c1-5-8-16-13-10-14(18-15(17-13)21-4)20-9-6-7-12(20)11-19(2)3/h10,12H,5-9,11H2,1-4H3,(H,16,17,18). The minimum atomic E-state index is 0.559. The third-order valence-electron chi connectivity index (χ3n) is 3.68. The predicted octanol–water partition coefficient (Wildman–Crippen LogP) is 2.55. The van der Waals surface area contributed by atoms with E-state index in [0.29, 0.717) is 6.04 Å². The molecule has 0 aromatic carbocycles. The molecule has 1 saturated heterocycles. The van der Waals surface area contributed by atoms with E-state index in [2.05, 4.69) is 47.2 Å².